The van der Waals surface area contributed by atoms with Crippen LogP contribution in [0.3, 0.4) is 0 Å². The number of benzene rings is 10. The number of rotatable bonds is 9. The standard InChI is InChI=1S/C60H41N3O/c1-5-15-42(16-6-1)44-25-29-48(30-26-44)61(46-19-9-3-10-20-46)50-33-36-57-54(39-50)55-40-51(34-37-58(55)63(57)52-35-38-60-56(41-52)53-23-13-14-24-59(53)64-60)62(47-21-11-4-12-22-47)49-31-27-45(28-32-49)43-17-7-2-8-18-43/h1-41H. The molecule has 64 heavy (non-hydrogen) atoms. The van der Waals surface area contributed by atoms with Crippen LogP contribution in [0.25, 0.3) is 71.7 Å². The van der Waals surface area contributed by atoms with Gasteiger partial charge >= 0.3 is 0 Å². The molecule has 0 amide bonds. The molecule has 12 aromatic rings. The lowest BCUT2D eigenvalue weighted by atomic mass is 10.0. The minimum Gasteiger partial charge on any atom is -0.456 e. The van der Waals surface area contributed by atoms with Gasteiger partial charge in [0.1, 0.15) is 11.2 Å². The lowest BCUT2D eigenvalue weighted by Gasteiger charge is -2.26. The van der Waals surface area contributed by atoms with Gasteiger partial charge in [0.05, 0.1) is 11.0 Å². The summed E-state index contributed by atoms with van der Waals surface area (Å²) in [6, 6.07) is 88.9. The van der Waals surface area contributed by atoms with Crippen LogP contribution in [0.4, 0.5) is 34.1 Å². The first kappa shape index (κ1) is 37.2. The minimum atomic E-state index is 0.879. The fourth-order valence-corrected chi connectivity index (χ4v) is 9.32. The number of hydrogen-bond acceptors (Lipinski definition) is 3. The van der Waals surface area contributed by atoms with Gasteiger partial charge in [0.25, 0.3) is 0 Å². The van der Waals surface area contributed by atoms with Crippen LogP contribution < -0.4 is 9.80 Å². The summed E-state index contributed by atoms with van der Waals surface area (Å²) in [6.45, 7) is 0. The fourth-order valence-electron chi connectivity index (χ4n) is 9.32. The number of aromatic nitrogens is 1. The Kier molecular flexibility index (Phi) is 9.12. The molecule has 0 aliphatic carbocycles. The molecule has 4 heteroatoms. The van der Waals surface area contributed by atoms with Gasteiger partial charge in [-0.05, 0) is 131 Å². The lowest BCUT2D eigenvalue weighted by molar-refractivity contribution is 0.669. The summed E-state index contributed by atoms with van der Waals surface area (Å²) in [6.07, 6.45) is 0. The van der Waals surface area contributed by atoms with E-state index in [1.54, 1.807) is 0 Å². The Hall–Kier alpha value is -8.60. The highest BCUT2D eigenvalue weighted by atomic mass is 16.3. The van der Waals surface area contributed by atoms with E-state index in [9.17, 15) is 0 Å². The number of para-hydroxylation sites is 3. The monoisotopic (exact) mass is 819 g/mol. The van der Waals surface area contributed by atoms with E-state index < -0.39 is 0 Å². The van der Waals surface area contributed by atoms with E-state index in [0.717, 1.165) is 83.6 Å². The van der Waals surface area contributed by atoms with Gasteiger partial charge in [0.2, 0.25) is 0 Å². The molecule has 12 rings (SSSR count). The van der Waals surface area contributed by atoms with Gasteiger partial charge < -0.3 is 18.8 Å². The molecule has 0 atom stereocenters. The van der Waals surface area contributed by atoms with Gasteiger partial charge in [0.15, 0.2) is 0 Å². The summed E-state index contributed by atoms with van der Waals surface area (Å²) >= 11 is 0. The van der Waals surface area contributed by atoms with Gasteiger partial charge in [0, 0.05) is 61.4 Å². The summed E-state index contributed by atoms with van der Waals surface area (Å²) in [5.74, 6) is 0. The zero-order chi connectivity index (χ0) is 42.4. The van der Waals surface area contributed by atoms with Crippen molar-refractivity contribution in [1.29, 1.82) is 0 Å². The average molecular weight is 820 g/mol. The average Bonchev–Trinajstić information content (AvgIpc) is 3.90. The SMILES string of the molecule is c1ccc(-c2ccc(N(c3ccccc3)c3ccc4c(c3)c3cc(N(c5ccccc5)c5ccc(-c6ccccc6)cc5)ccc3n4-c3ccc4oc5ccccc5c4c3)cc2)cc1. The highest BCUT2D eigenvalue weighted by Crippen LogP contribution is 2.44. The maximum atomic E-state index is 6.30. The second-order valence-electron chi connectivity index (χ2n) is 16.2. The first-order chi connectivity index (χ1) is 31.7. The molecule has 0 bridgehead atoms. The normalized spacial score (nSPS) is 11.4. The molecule has 0 aliphatic rings. The predicted octanol–water partition coefficient (Wildman–Crippen LogP) is 17.0. The molecular weight excluding hydrogens is 779 g/mol. The third kappa shape index (κ3) is 6.57. The first-order valence-corrected chi connectivity index (χ1v) is 21.7. The van der Waals surface area contributed by atoms with E-state index in [0.29, 0.717) is 0 Å². The van der Waals surface area contributed by atoms with E-state index in [2.05, 4.69) is 251 Å². The van der Waals surface area contributed by atoms with E-state index in [1.165, 1.54) is 22.3 Å². The molecule has 2 heterocycles. The van der Waals surface area contributed by atoms with Gasteiger partial charge in [-0.3, -0.25) is 0 Å². The lowest BCUT2D eigenvalue weighted by Crippen LogP contribution is -2.10. The summed E-state index contributed by atoms with van der Waals surface area (Å²) in [5.41, 5.74) is 16.3. The topological polar surface area (TPSA) is 24.6 Å². The van der Waals surface area contributed by atoms with Crippen molar-refractivity contribution in [1.82, 2.24) is 4.57 Å². The highest BCUT2D eigenvalue weighted by Gasteiger charge is 2.21. The largest absolute Gasteiger partial charge is 0.456 e. The van der Waals surface area contributed by atoms with Crippen molar-refractivity contribution in [2.75, 3.05) is 9.80 Å². The van der Waals surface area contributed by atoms with Gasteiger partial charge in [-0.1, -0.05) is 140 Å². The van der Waals surface area contributed by atoms with Crippen LogP contribution in [0.1, 0.15) is 0 Å². The first-order valence-electron chi connectivity index (χ1n) is 21.7. The number of furan rings is 1. The molecule has 0 radical (unpaired) electrons. The summed E-state index contributed by atoms with van der Waals surface area (Å²) in [5, 5.41) is 4.51. The van der Waals surface area contributed by atoms with E-state index >= 15 is 0 Å². The Morgan fingerprint density at radius 3 is 1.16 bits per heavy atom. The Labute approximate surface area is 371 Å². The van der Waals surface area contributed by atoms with Gasteiger partial charge in [-0.2, -0.15) is 0 Å². The summed E-state index contributed by atoms with van der Waals surface area (Å²) in [4.78, 5) is 4.71. The van der Waals surface area contributed by atoms with Crippen LogP contribution in [-0.2, 0) is 0 Å². The minimum absolute atomic E-state index is 0.879. The van der Waals surface area contributed by atoms with E-state index in [-0.39, 0.29) is 0 Å². The molecule has 0 fully saturated rings. The zero-order valence-corrected chi connectivity index (χ0v) is 34.9. The van der Waals surface area contributed by atoms with Crippen LogP contribution in [0.5, 0.6) is 0 Å². The predicted molar refractivity (Wildman–Crippen MR) is 268 cm³/mol. The second kappa shape index (κ2) is 15.7. The van der Waals surface area contributed by atoms with Crippen molar-refractivity contribution in [2.45, 2.75) is 0 Å². The smallest absolute Gasteiger partial charge is 0.135 e. The number of fused-ring (bicyclic) bond motifs is 6. The third-order valence-corrected chi connectivity index (χ3v) is 12.4. The van der Waals surface area contributed by atoms with Crippen LogP contribution in [0.2, 0.25) is 0 Å². The van der Waals surface area contributed by atoms with Crippen molar-refractivity contribution >= 4 is 77.9 Å². The Morgan fingerprint density at radius 1 is 0.266 bits per heavy atom. The summed E-state index contributed by atoms with van der Waals surface area (Å²) in [7, 11) is 0. The van der Waals surface area contributed by atoms with Crippen molar-refractivity contribution in [2.24, 2.45) is 0 Å². The Balaban J connectivity index is 1.06. The molecular formula is C60H41N3O. The van der Waals surface area contributed by atoms with Crippen LogP contribution in [0, 0.1) is 0 Å². The number of nitrogens with zero attached hydrogens (tertiary/aromatic N) is 3. The molecule has 0 aliphatic heterocycles. The maximum absolute atomic E-state index is 6.30. The van der Waals surface area contributed by atoms with Crippen molar-refractivity contribution < 1.29 is 4.42 Å². The van der Waals surface area contributed by atoms with Gasteiger partial charge in [-0.25, -0.2) is 0 Å². The third-order valence-electron chi connectivity index (χ3n) is 12.4. The fraction of sp³-hybridized carbons (Fsp3) is 0. The zero-order valence-electron chi connectivity index (χ0n) is 34.9. The van der Waals surface area contributed by atoms with Crippen LogP contribution in [0.15, 0.2) is 253 Å². The molecule has 0 unspecified atom stereocenters. The quantitative estimate of drug-likeness (QED) is 0.145. The molecule has 0 N–H and O–H groups in total. The van der Waals surface area contributed by atoms with Crippen molar-refractivity contribution in [3.05, 3.63) is 249 Å². The number of anilines is 6. The Morgan fingerprint density at radius 2 is 0.656 bits per heavy atom. The van der Waals surface area contributed by atoms with Crippen LogP contribution >= 0.6 is 0 Å². The van der Waals surface area contributed by atoms with Crippen molar-refractivity contribution in [3.8, 4) is 27.9 Å². The second-order valence-corrected chi connectivity index (χ2v) is 16.2. The van der Waals surface area contributed by atoms with Crippen LogP contribution in [-0.4, -0.2) is 4.57 Å². The van der Waals surface area contributed by atoms with Gasteiger partial charge in [-0.15, -0.1) is 0 Å². The molecule has 10 aromatic carbocycles. The van der Waals surface area contributed by atoms with Crippen molar-refractivity contribution in [3.63, 3.8) is 0 Å². The molecule has 4 nitrogen and oxygen atoms in total. The maximum Gasteiger partial charge on any atom is 0.135 e. The van der Waals surface area contributed by atoms with E-state index in [1.807, 2.05) is 12.1 Å². The highest BCUT2D eigenvalue weighted by molar-refractivity contribution is 6.13. The molecule has 0 saturated carbocycles. The molecule has 2 aromatic heterocycles. The molecule has 302 valence electrons. The van der Waals surface area contributed by atoms with E-state index in [4.69, 9.17) is 4.42 Å². The number of hydrogen-bond donors (Lipinski definition) is 0. The molecule has 0 spiro atoms. The summed E-state index contributed by atoms with van der Waals surface area (Å²) < 4.78 is 8.70. The Bertz CT molecular complexity index is 3400. The molecule has 0 saturated heterocycles.